The van der Waals surface area contributed by atoms with E-state index in [4.69, 9.17) is 5.11 Å². The van der Waals surface area contributed by atoms with Crippen molar-refractivity contribution >= 4 is 51.5 Å². The number of hydrogen-bond acceptors (Lipinski definition) is 5. The van der Waals surface area contributed by atoms with E-state index in [9.17, 15) is 14.7 Å². The topological polar surface area (TPSA) is 95.1 Å². The van der Waals surface area contributed by atoms with Crippen LogP contribution in [0.25, 0.3) is 17.0 Å². The van der Waals surface area contributed by atoms with E-state index < -0.39 is 5.97 Å². The lowest BCUT2D eigenvalue weighted by Gasteiger charge is -2.07. The summed E-state index contributed by atoms with van der Waals surface area (Å²) in [5.74, 6) is -1.76. The number of para-hydroxylation sites is 1. The van der Waals surface area contributed by atoms with Crippen molar-refractivity contribution in [3.8, 4) is 5.75 Å². The number of amidine groups is 1. The molecule has 0 spiro atoms. The van der Waals surface area contributed by atoms with E-state index in [2.05, 4.69) is 4.99 Å². The molecule has 7 nitrogen and oxygen atoms in total. The average Bonchev–Trinajstić information content (AvgIpc) is 3.14. The molecule has 0 bridgehead atoms. The zero-order valence-electron chi connectivity index (χ0n) is 15.7. The van der Waals surface area contributed by atoms with E-state index in [1.54, 1.807) is 7.05 Å². The molecule has 1 aliphatic rings. The Bertz CT molecular complexity index is 1230. The van der Waals surface area contributed by atoms with Gasteiger partial charge in [0.25, 0.3) is 5.91 Å². The lowest BCUT2D eigenvalue weighted by molar-refractivity contribution is -0.121. The number of amides is 1. The number of carbonyl (C=O) groups is 2. The lowest BCUT2D eigenvalue weighted by atomic mass is 10.1. The zero-order chi connectivity index (χ0) is 20.7. The molecule has 1 aromatic heterocycles. The molecule has 1 amide bonds. The van der Waals surface area contributed by atoms with Gasteiger partial charge < -0.3 is 14.8 Å². The van der Waals surface area contributed by atoms with Crippen LogP contribution < -0.4 is 0 Å². The SMILES string of the molecule is CN1C(=O)/C(=C/c2cn(C)c3ccccc23)SC1=Nc1ccc(C(=O)O)c(O)c1. The number of carboxylic acids is 1. The van der Waals surface area contributed by atoms with Gasteiger partial charge >= 0.3 is 5.97 Å². The van der Waals surface area contributed by atoms with Gasteiger partial charge in [-0.1, -0.05) is 18.2 Å². The van der Waals surface area contributed by atoms with Crippen molar-refractivity contribution in [2.24, 2.45) is 12.0 Å². The highest BCUT2D eigenvalue weighted by Gasteiger charge is 2.30. The van der Waals surface area contributed by atoms with Crippen LogP contribution in [0, 0.1) is 0 Å². The zero-order valence-corrected chi connectivity index (χ0v) is 16.5. The monoisotopic (exact) mass is 407 g/mol. The van der Waals surface area contributed by atoms with Crippen LogP contribution in [0.1, 0.15) is 15.9 Å². The number of hydrogen-bond donors (Lipinski definition) is 2. The van der Waals surface area contributed by atoms with Crippen LogP contribution in [-0.2, 0) is 11.8 Å². The summed E-state index contributed by atoms with van der Waals surface area (Å²) in [7, 11) is 3.59. The highest BCUT2D eigenvalue weighted by atomic mass is 32.2. The molecule has 0 saturated carbocycles. The molecule has 8 heteroatoms. The Labute approximate surface area is 170 Å². The molecule has 29 heavy (non-hydrogen) atoms. The number of nitrogens with zero attached hydrogens (tertiary/aromatic N) is 3. The van der Waals surface area contributed by atoms with Gasteiger partial charge in [0.15, 0.2) is 5.17 Å². The number of aryl methyl sites for hydroxylation is 1. The van der Waals surface area contributed by atoms with Crippen LogP contribution in [0.2, 0.25) is 0 Å². The van der Waals surface area contributed by atoms with Crippen molar-refractivity contribution in [3.05, 3.63) is 64.7 Å². The highest BCUT2D eigenvalue weighted by Crippen LogP contribution is 2.35. The van der Waals surface area contributed by atoms with E-state index >= 15 is 0 Å². The van der Waals surface area contributed by atoms with Crippen molar-refractivity contribution in [2.45, 2.75) is 0 Å². The van der Waals surface area contributed by atoms with Gasteiger partial charge in [-0.25, -0.2) is 9.79 Å². The predicted octanol–water partition coefficient (Wildman–Crippen LogP) is 3.82. The van der Waals surface area contributed by atoms with Gasteiger partial charge in [-0.2, -0.15) is 0 Å². The van der Waals surface area contributed by atoms with Gasteiger partial charge in [-0.15, -0.1) is 0 Å². The molecule has 2 heterocycles. The van der Waals surface area contributed by atoms with E-state index in [0.717, 1.165) is 16.5 Å². The minimum Gasteiger partial charge on any atom is -0.507 e. The number of aromatic carboxylic acids is 1. The summed E-state index contributed by atoms with van der Waals surface area (Å²) in [5.41, 5.74) is 2.18. The quantitative estimate of drug-likeness (QED) is 0.644. The van der Waals surface area contributed by atoms with Gasteiger partial charge in [0, 0.05) is 42.8 Å². The molecule has 0 unspecified atom stereocenters. The molecular formula is C21H17N3O4S. The molecule has 0 radical (unpaired) electrons. The Balaban J connectivity index is 1.68. The summed E-state index contributed by atoms with van der Waals surface area (Å²) in [5, 5.41) is 20.4. The Hall–Kier alpha value is -3.52. The number of fused-ring (bicyclic) bond motifs is 1. The van der Waals surface area contributed by atoms with Crippen LogP contribution in [0.15, 0.2) is 58.6 Å². The number of aromatic nitrogens is 1. The fraction of sp³-hybridized carbons (Fsp3) is 0.0952. The summed E-state index contributed by atoms with van der Waals surface area (Å²) in [6.07, 6.45) is 3.82. The van der Waals surface area contributed by atoms with Crippen molar-refractivity contribution in [3.63, 3.8) is 0 Å². The van der Waals surface area contributed by atoms with Crippen LogP contribution >= 0.6 is 11.8 Å². The maximum atomic E-state index is 12.7. The number of aromatic hydroxyl groups is 1. The minimum atomic E-state index is -1.22. The molecule has 1 fully saturated rings. The van der Waals surface area contributed by atoms with E-state index in [1.807, 2.05) is 48.2 Å². The largest absolute Gasteiger partial charge is 0.507 e. The first kappa shape index (κ1) is 18.8. The Morgan fingerprint density at radius 1 is 1.17 bits per heavy atom. The summed E-state index contributed by atoms with van der Waals surface area (Å²) >= 11 is 1.23. The van der Waals surface area contributed by atoms with Gasteiger partial charge in [0.1, 0.15) is 11.3 Å². The fourth-order valence-corrected chi connectivity index (χ4v) is 4.14. The van der Waals surface area contributed by atoms with E-state index in [-0.39, 0.29) is 17.2 Å². The first-order valence-corrected chi connectivity index (χ1v) is 9.53. The third-order valence-electron chi connectivity index (χ3n) is 4.65. The Morgan fingerprint density at radius 2 is 1.93 bits per heavy atom. The number of benzene rings is 2. The van der Waals surface area contributed by atoms with Gasteiger partial charge in [0.05, 0.1) is 10.6 Å². The van der Waals surface area contributed by atoms with Gasteiger partial charge in [0.2, 0.25) is 0 Å². The van der Waals surface area contributed by atoms with Crippen molar-refractivity contribution in [1.29, 1.82) is 0 Å². The summed E-state index contributed by atoms with van der Waals surface area (Å²) in [6, 6.07) is 12.0. The number of thioether (sulfide) groups is 1. The van der Waals surface area contributed by atoms with Crippen molar-refractivity contribution in [1.82, 2.24) is 9.47 Å². The first-order chi connectivity index (χ1) is 13.8. The molecule has 0 aliphatic carbocycles. The molecule has 4 rings (SSSR count). The number of phenols is 1. The number of carboxylic acid groups (broad SMARTS) is 1. The molecule has 2 aromatic carbocycles. The van der Waals surface area contributed by atoms with Crippen LogP contribution in [0.3, 0.4) is 0 Å². The van der Waals surface area contributed by atoms with E-state index in [0.29, 0.717) is 15.8 Å². The second-order valence-electron chi connectivity index (χ2n) is 6.59. The number of carbonyl (C=O) groups excluding carboxylic acids is 1. The molecule has 1 saturated heterocycles. The molecule has 0 atom stereocenters. The fourth-order valence-electron chi connectivity index (χ4n) is 3.16. The molecule has 3 aromatic rings. The summed E-state index contributed by atoms with van der Waals surface area (Å²) in [4.78, 5) is 30.1. The predicted molar refractivity (Wildman–Crippen MR) is 113 cm³/mol. The first-order valence-electron chi connectivity index (χ1n) is 8.72. The highest BCUT2D eigenvalue weighted by molar-refractivity contribution is 8.18. The summed E-state index contributed by atoms with van der Waals surface area (Å²) in [6.45, 7) is 0. The third-order valence-corrected chi connectivity index (χ3v) is 5.71. The molecule has 146 valence electrons. The molecule has 2 N–H and O–H groups in total. The maximum Gasteiger partial charge on any atom is 0.339 e. The lowest BCUT2D eigenvalue weighted by Crippen LogP contribution is -2.23. The normalized spacial score (nSPS) is 17.0. The molecular weight excluding hydrogens is 390 g/mol. The number of rotatable bonds is 3. The van der Waals surface area contributed by atoms with Crippen LogP contribution in [0.5, 0.6) is 5.75 Å². The van der Waals surface area contributed by atoms with Crippen molar-refractivity contribution in [2.75, 3.05) is 7.05 Å². The smallest absolute Gasteiger partial charge is 0.339 e. The second-order valence-corrected chi connectivity index (χ2v) is 7.60. The number of likely N-dealkylation sites (N-methyl/N-ethyl adjacent to an activating group) is 1. The van der Waals surface area contributed by atoms with Crippen LogP contribution in [-0.4, -0.2) is 43.8 Å². The Morgan fingerprint density at radius 3 is 2.66 bits per heavy atom. The van der Waals surface area contributed by atoms with E-state index in [1.165, 1.54) is 34.9 Å². The number of aliphatic imine (C=N–C) groups is 1. The van der Waals surface area contributed by atoms with Crippen LogP contribution in [0.4, 0.5) is 5.69 Å². The Kier molecular flexibility index (Phi) is 4.63. The summed E-state index contributed by atoms with van der Waals surface area (Å²) < 4.78 is 2.01. The van der Waals surface area contributed by atoms with Gasteiger partial charge in [-0.05, 0) is 36.0 Å². The minimum absolute atomic E-state index is 0.173. The maximum absolute atomic E-state index is 12.7. The standard InChI is InChI=1S/C21H17N3O4S/c1-23-11-12(14-5-3-4-6-16(14)23)9-18-19(26)24(2)21(29-18)22-13-7-8-15(20(27)28)17(25)10-13/h3-11,25H,1-2H3,(H,27,28)/b18-9-,22-21?. The average molecular weight is 407 g/mol. The van der Waals surface area contributed by atoms with Gasteiger partial charge in [-0.3, -0.25) is 9.69 Å². The second kappa shape index (κ2) is 7.14. The molecule has 1 aliphatic heterocycles. The van der Waals surface area contributed by atoms with Crippen molar-refractivity contribution < 1.29 is 19.8 Å². The third kappa shape index (κ3) is 3.38.